The summed E-state index contributed by atoms with van der Waals surface area (Å²) >= 11 is 0. The van der Waals surface area contributed by atoms with Crippen LogP contribution < -0.4 is 0 Å². The van der Waals surface area contributed by atoms with Crippen molar-refractivity contribution in [2.24, 2.45) is 17.8 Å². The Morgan fingerprint density at radius 3 is 2.62 bits per heavy atom. The second-order valence-electron chi connectivity index (χ2n) is 8.55. The molecule has 1 saturated heterocycles. The van der Waals surface area contributed by atoms with Crippen molar-refractivity contribution < 1.29 is 18.0 Å². The van der Waals surface area contributed by atoms with Crippen LogP contribution in [0.1, 0.15) is 30.1 Å². The molecule has 0 amide bonds. The number of aromatic nitrogens is 3. The first-order valence-electron chi connectivity index (χ1n) is 10.5. The Morgan fingerprint density at radius 2 is 1.97 bits per heavy atom. The molecule has 3 aromatic rings. The molecule has 2 fully saturated rings. The third kappa shape index (κ3) is 4.09. The molecule has 1 saturated carbocycles. The van der Waals surface area contributed by atoms with E-state index in [1.54, 1.807) is 23.6 Å². The van der Waals surface area contributed by atoms with Gasteiger partial charge in [-0.25, -0.2) is 17.7 Å². The van der Waals surface area contributed by atoms with E-state index in [-0.39, 0.29) is 0 Å². The number of hydrogen-bond donors (Lipinski definition) is 1. The van der Waals surface area contributed by atoms with E-state index in [2.05, 4.69) is 22.0 Å². The van der Waals surface area contributed by atoms with Gasteiger partial charge in [0.15, 0.2) is 5.76 Å². The highest BCUT2D eigenvalue weighted by Gasteiger charge is 2.56. The van der Waals surface area contributed by atoms with E-state index >= 15 is 0 Å². The standard InChI is InChI=1S/C23H24N4O4S/c1-15(28)23-24-9-10-26(23)12-18-11-22(31-25-18)17-6-3-16(4-7-17)5-8-19-20-13-27(14-21(19)20)32(2,29)30/h3-4,6-7,9-11,15,19-21,28H,12-14H2,1-2H3/t15-,19-,20+,21-/m0/s1. The number of aliphatic hydroxyl groups excluding tert-OH is 1. The van der Waals surface area contributed by atoms with E-state index in [1.165, 1.54) is 6.26 Å². The molecule has 3 heterocycles. The van der Waals surface area contributed by atoms with Gasteiger partial charge in [-0.1, -0.05) is 17.0 Å². The molecule has 32 heavy (non-hydrogen) atoms. The van der Waals surface area contributed by atoms with Crippen LogP contribution in [0.15, 0.2) is 47.2 Å². The zero-order valence-corrected chi connectivity index (χ0v) is 18.7. The largest absolute Gasteiger partial charge is 0.385 e. The third-order valence-corrected chi connectivity index (χ3v) is 7.43. The van der Waals surface area contributed by atoms with Crippen molar-refractivity contribution in [1.82, 2.24) is 19.0 Å². The Labute approximate surface area is 186 Å². The molecule has 0 spiro atoms. The van der Waals surface area contributed by atoms with E-state index in [0.29, 0.717) is 49.0 Å². The summed E-state index contributed by atoms with van der Waals surface area (Å²) in [6.07, 6.45) is 4.07. The van der Waals surface area contributed by atoms with Crippen molar-refractivity contribution in [3.63, 3.8) is 0 Å². The van der Waals surface area contributed by atoms with Crippen molar-refractivity contribution in [2.75, 3.05) is 19.3 Å². The molecular formula is C23H24N4O4S. The molecule has 2 aromatic heterocycles. The average molecular weight is 453 g/mol. The zero-order valence-electron chi connectivity index (χ0n) is 17.8. The fourth-order valence-corrected chi connectivity index (χ4v) is 5.26. The SMILES string of the molecule is C[C@H](O)c1nccn1Cc1cc(-c2ccc(C#C[C@H]3[C@H]4CN(S(C)(=O)=O)C[C@@H]34)cc2)on1. The van der Waals surface area contributed by atoms with E-state index in [0.717, 1.165) is 16.8 Å². The molecule has 1 aliphatic carbocycles. The fourth-order valence-electron chi connectivity index (χ4n) is 4.38. The molecule has 5 rings (SSSR count). The van der Waals surface area contributed by atoms with Crippen LogP contribution in [0.3, 0.4) is 0 Å². The summed E-state index contributed by atoms with van der Waals surface area (Å²) in [5, 5.41) is 13.9. The van der Waals surface area contributed by atoms with Crippen molar-refractivity contribution in [3.8, 4) is 23.2 Å². The molecule has 9 heteroatoms. The van der Waals surface area contributed by atoms with Crippen molar-refractivity contribution in [1.29, 1.82) is 0 Å². The molecule has 4 atom stereocenters. The van der Waals surface area contributed by atoms with Gasteiger partial charge in [0.25, 0.3) is 0 Å². The van der Waals surface area contributed by atoms with Crippen molar-refractivity contribution in [2.45, 2.75) is 19.6 Å². The highest BCUT2D eigenvalue weighted by Crippen LogP contribution is 2.51. The molecule has 1 N–H and O–H groups in total. The highest BCUT2D eigenvalue weighted by atomic mass is 32.2. The molecule has 0 unspecified atom stereocenters. The number of aliphatic hydroxyl groups is 1. The van der Waals surface area contributed by atoms with Gasteiger partial charge in [0.2, 0.25) is 10.0 Å². The number of benzene rings is 1. The molecule has 2 aliphatic rings. The predicted molar refractivity (Wildman–Crippen MR) is 118 cm³/mol. The molecule has 0 radical (unpaired) electrons. The zero-order chi connectivity index (χ0) is 22.5. The van der Waals surface area contributed by atoms with Crippen LogP contribution in [0, 0.1) is 29.6 Å². The van der Waals surface area contributed by atoms with Crippen LogP contribution in [0.5, 0.6) is 0 Å². The molecule has 1 aromatic carbocycles. The van der Waals surface area contributed by atoms with Gasteiger partial charge in [-0.05, 0) is 43.0 Å². The minimum absolute atomic E-state index is 0.291. The monoisotopic (exact) mass is 452 g/mol. The van der Waals surface area contributed by atoms with Crippen LogP contribution >= 0.6 is 0 Å². The van der Waals surface area contributed by atoms with Crippen molar-refractivity contribution in [3.05, 3.63) is 59.8 Å². The van der Waals surface area contributed by atoms with Crippen LogP contribution in [0.4, 0.5) is 0 Å². The smallest absolute Gasteiger partial charge is 0.211 e. The lowest BCUT2D eigenvalue weighted by atomic mass is 10.1. The topological polar surface area (TPSA) is 101 Å². The molecule has 0 bridgehead atoms. The normalized spacial score (nSPS) is 23.4. The van der Waals surface area contributed by atoms with Gasteiger partial charge in [0.1, 0.15) is 17.6 Å². The Morgan fingerprint density at radius 1 is 1.25 bits per heavy atom. The average Bonchev–Trinajstić information content (AvgIpc) is 3.24. The van der Waals surface area contributed by atoms with E-state index in [1.807, 2.05) is 34.9 Å². The Bertz CT molecular complexity index is 1290. The summed E-state index contributed by atoms with van der Waals surface area (Å²) in [5.74, 6) is 8.81. The maximum atomic E-state index is 11.6. The maximum absolute atomic E-state index is 11.6. The van der Waals surface area contributed by atoms with Crippen molar-refractivity contribution >= 4 is 10.0 Å². The number of sulfonamides is 1. The van der Waals surface area contributed by atoms with Gasteiger partial charge in [0.05, 0.1) is 12.8 Å². The van der Waals surface area contributed by atoms with Gasteiger partial charge >= 0.3 is 0 Å². The summed E-state index contributed by atoms with van der Waals surface area (Å²) in [4.78, 5) is 4.17. The van der Waals surface area contributed by atoms with Gasteiger partial charge in [-0.15, -0.1) is 0 Å². The quantitative estimate of drug-likeness (QED) is 0.595. The lowest BCUT2D eigenvalue weighted by Crippen LogP contribution is -2.30. The minimum atomic E-state index is -3.09. The Kier molecular flexibility index (Phi) is 5.16. The summed E-state index contributed by atoms with van der Waals surface area (Å²) in [6, 6.07) is 9.68. The fraction of sp³-hybridized carbons (Fsp3) is 0.391. The van der Waals surface area contributed by atoms with Crippen LogP contribution in [0.2, 0.25) is 0 Å². The minimum Gasteiger partial charge on any atom is -0.385 e. The highest BCUT2D eigenvalue weighted by molar-refractivity contribution is 7.88. The lowest BCUT2D eigenvalue weighted by Gasteiger charge is -2.14. The number of rotatable bonds is 5. The molecule has 166 valence electrons. The first kappa shape index (κ1) is 20.9. The predicted octanol–water partition coefficient (Wildman–Crippen LogP) is 2.13. The number of fused-ring (bicyclic) bond motifs is 1. The Balaban J connectivity index is 1.22. The summed E-state index contributed by atoms with van der Waals surface area (Å²) in [7, 11) is -3.09. The number of piperidine rings is 1. The number of imidazole rings is 1. The maximum Gasteiger partial charge on any atom is 0.211 e. The summed E-state index contributed by atoms with van der Waals surface area (Å²) < 4.78 is 32.1. The van der Waals surface area contributed by atoms with Gasteiger partial charge in [-0.2, -0.15) is 0 Å². The second kappa shape index (κ2) is 7.89. The van der Waals surface area contributed by atoms with E-state index < -0.39 is 16.1 Å². The first-order valence-corrected chi connectivity index (χ1v) is 12.4. The molecule has 8 nitrogen and oxygen atoms in total. The molecule has 1 aliphatic heterocycles. The molecular weight excluding hydrogens is 428 g/mol. The van der Waals surface area contributed by atoms with Crippen LogP contribution in [0.25, 0.3) is 11.3 Å². The number of hydrogen-bond acceptors (Lipinski definition) is 6. The first-order chi connectivity index (χ1) is 15.3. The number of nitrogens with zero attached hydrogens (tertiary/aromatic N) is 4. The van der Waals surface area contributed by atoms with Crippen LogP contribution in [-0.4, -0.2) is 51.9 Å². The van der Waals surface area contributed by atoms with Gasteiger partial charge < -0.3 is 14.2 Å². The second-order valence-corrected chi connectivity index (χ2v) is 10.5. The van der Waals surface area contributed by atoms with Crippen LogP contribution in [-0.2, 0) is 16.6 Å². The summed E-state index contributed by atoms with van der Waals surface area (Å²) in [5.41, 5.74) is 2.56. The van der Waals surface area contributed by atoms with Gasteiger partial charge in [-0.3, -0.25) is 0 Å². The van der Waals surface area contributed by atoms with E-state index in [4.69, 9.17) is 4.52 Å². The third-order valence-electron chi connectivity index (χ3n) is 6.19. The van der Waals surface area contributed by atoms with Gasteiger partial charge in [0, 0.05) is 48.6 Å². The summed E-state index contributed by atoms with van der Waals surface area (Å²) in [6.45, 7) is 3.33. The lowest BCUT2D eigenvalue weighted by molar-refractivity contribution is 0.184. The van der Waals surface area contributed by atoms with E-state index in [9.17, 15) is 13.5 Å². The Hall–Kier alpha value is -2.93.